The lowest BCUT2D eigenvalue weighted by Crippen LogP contribution is -2.35. The van der Waals surface area contributed by atoms with Crippen molar-refractivity contribution in [1.29, 1.82) is 0 Å². The Morgan fingerprint density at radius 3 is 2.46 bits per heavy atom. The van der Waals surface area contributed by atoms with E-state index in [0.29, 0.717) is 5.56 Å². The van der Waals surface area contributed by atoms with Crippen molar-refractivity contribution in [1.82, 2.24) is 14.7 Å². The van der Waals surface area contributed by atoms with Crippen molar-refractivity contribution in [3.05, 3.63) is 77.6 Å². The number of anilines is 1. The van der Waals surface area contributed by atoms with E-state index in [1.54, 1.807) is 30.1 Å². The van der Waals surface area contributed by atoms with Gasteiger partial charge in [0, 0.05) is 24.5 Å². The summed E-state index contributed by atoms with van der Waals surface area (Å²) in [6, 6.07) is 14.8. The first-order valence-electron chi connectivity index (χ1n) is 9.23. The van der Waals surface area contributed by atoms with Crippen LogP contribution in [0.15, 0.2) is 60.9 Å². The largest absolute Gasteiger partial charge is 0.332 e. The third-order valence-corrected chi connectivity index (χ3v) is 4.49. The van der Waals surface area contributed by atoms with E-state index < -0.39 is 0 Å². The van der Waals surface area contributed by atoms with Crippen LogP contribution >= 0.6 is 0 Å². The van der Waals surface area contributed by atoms with Crippen LogP contribution in [0.5, 0.6) is 0 Å². The van der Waals surface area contributed by atoms with Gasteiger partial charge in [-0.25, -0.2) is 4.68 Å². The molecule has 2 amide bonds. The predicted molar refractivity (Wildman–Crippen MR) is 110 cm³/mol. The molecule has 0 aliphatic carbocycles. The van der Waals surface area contributed by atoms with Gasteiger partial charge in [0.25, 0.3) is 5.91 Å². The Kier molecular flexibility index (Phi) is 5.89. The van der Waals surface area contributed by atoms with E-state index in [4.69, 9.17) is 0 Å². The highest BCUT2D eigenvalue weighted by molar-refractivity contribution is 5.99. The second kappa shape index (κ2) is 8.52. The Bertz CT molecular complexity index is 976. The van der Waals surface area contributed by atoms with Crippen molar-refractivity contribution in [2.45, 2.75) is 20.3 Å². The molecule has 0 spiro atoms. The molecule has 0 aliphatic rings. The molecule has 0 fully saturated rings. The SMILES string of the molecule is CCc1ccccc1NC(=O)CN(C)C(=O)c1ccc(-n2cc(C)cn2)cc1. The maximum atomic E-state index is 12.6. The van der Waals surface area contributed by atoms with Crippen molar-refractivity contribution >= 4 is 17.5 Å². The fourth-order valence-electron chi connectivity index (χ4n) is 2.96. The Morgan fingerprint density at radius 2 is 1.82 bits per heavy atom. The van der Waals surface area contributed by atoms with Gasteiger partial charge in [-0.05, 0) is 54.8 Å². The van der Waals surface area contributed by atoms with Gasteiger partial charge in [-0.1, -0.05) is 25.1 Å². The number of aromatic nitrogens is 2. The lowest BCUT2D eigenvalue weighted by molar-refractivity contribution is -0.116. The summed E-state index contributed by atoms with van der Waals surface area (Å²) in [5.74, 6) is -0.428. The molecule has 6 heteroatoms. The van der Waals surface area contributed by atoms with Crippen LogP contribution in [0.2, 0.25) is 0 Å². The minimum Gasteiger partial charge on any atom is -0.332 e. The summed E-state index contributed by atoms with van der Waals surface area (Å²) < 4.78 is 1.76. The number of hydrogen-bond donors (Lipinski definition) is 1. The monoisotopic (exact) mass is 376 g/mol. The molecule has 2 aromatic carbocycles. The molecule has 1 heterocycles. The average molecular weight is 376 g/mol. The lowest BCUT2D eigenvalue weighted by atomic mass is 10.1. The molecule has 0 saturated heterocycles. The molecular formula is C22H24N4O2. The Labute approximate surface area is 164 Å². The van der Waals surface area contributed by atoms with Gasteiger partial charge < -0.3 is 10.2 Å². The van der Waals surface area contributed by atoms with Gasteiger partial charge in [-0.15, -0.1) is 0 Å². The van der Waals surface area contributed by atoms with Crippen LogP contribution in [-0.2, 0) is 11.2 Å². The van der Waals surface area contributed by atoms with Gasteiger partial charge in [0.15, 0.2) is 0 Å². The maximum absolute atomic E-state index is 12.6. The van der Waals surface area contributed by atoms with E-state index >= 15 is 0 Å². The standard InChI is InChI=1S/C22H24N4O2/c1-4-17-7-5-6-8-20(17)24-21(27)15-25(3)22(28)18-9-11-19(12-10-18)26-14-16(2)13-23-26/h5-14H,4,15H2,1-3H3,(H,24,27). The van der Waals surface area contributed by atoms with Crippen molar-refractivity contribution in [3.63, 3.8) is 0 Å². The number of carbonyl (C=O) groups is 2. The number of nitrogens with zero attached hydrogens (tertiary/aromatic N) is 3. The van der Waals surface area contributed by atoms with Gasteiger partial charge in [-0.2, -0.15) is 5.10 Å². The van der Waals surface area contributed by atoms with Crippen LogP contribution < -0.4 is 5.32 Å². The molecular weight excluding hydrogens is 352 g/mol. The number of hydrogen-bond acceptors (Lipinski definition) is 3. The summed E-state index contributed by atoms with van der Waals surface area (Å²) in [4.78, 5) is 26.4. The highest BCUT2D eigenvalue weighted by Crippen LogP contribution is 2.16. The fraction of sp³-hybridized carbons (Fsp3) is 0.227. The molecule has 0 atom stereocenters. The molecule has 0 aliphatic heterocycles. The first kappa shape index (κ1) is 19.4. The number of nitrogens with one attached hydrogen (secondary N) is 1. The summed E-state index contributed by atoms with van der Waals surface area (Å²) >= 11 is 0. The second-order valence-electron chi connectivity index (χ2n) is 6.73. The van der Waals surface area contributed by atoms with Crippen LogP contribution in [0.4, 0.5) is 5.69 Å². The van der Waals surface area contributed by atoms with E-state index in [9.17, 15) is 9.59 Å². The maximum Gasteiger partial charge on any atom is 0.254 e. The van der Waals surface area contributed by atoms with E-state index in [2.05, 4.69) is 10.4 Å². The van der Waals surface area contributed by atoms with E-state index in [0.717, 1.165) is 28.9 Å². The summed E-state index contributed by atoms with van der Waals surface area (Å²) in [5, 5.41) is 7.14. The van der Waals surface area contributed by atoms with Crippen LogP contribution in [0.25, 0.3) is 5.69 Å². The second-order valence-corrected chi connectivity index (χ2v) is 6.73. The lowest BCUT2D eigenvalue weighted by Gasteiger charge is -2.18. The third kappa shape index (κ3) is 4.46. The van der Waals surface area contributed by atoms with Crippen molar-refractivity contribution in [2.75, 3.05) is 18.9 Å². The molecule has 144 valence electrons. The molecule has 3 aromatic rings. The zero-order valence-corrected chi connectivity index (χ0v) is 16.3. The number of rotatable bonds is 6. The Hall–Kier alpha value is -3.41. The molecule has 0 unspecified atom stereocenters. The van der Waals surface area contributed by atoms with E-state index in [1.165, 1.54) is 4.90 Å². The fourth-order valence-corrected chi connectivity index (χ4v) is 2.96. The number of para-hydroxylation sites is 1. The van der Waals surface area contributed by atoms with E-state index in [1.807, 2.05) is 56.4 Å². The van der Waals surface area contributed by atoms with Crippen molar-refractivity contribution in [2.24, 2.45) is 0 Å². The summed E-state index contributed by atoms with van der Waals surface area (Å²) in [6.45, 7) is 3.99. The number of likely N-dealkylation sites (N-methyl/N-ethyl adjacent to an activating group) is 1. The molecule has 3 rings (SSSR count). The molecule has 0 saturated carbocycles. The summed E-state index contributed by atoms with van der Waals surface area (Å²) in [5.41, 5.74) is 4.32. The molecule has 28 heavy (non-hydrogen) atoms. The number of amides is 2. The summed E-state index contributed by atoms with van der Waals surface area (Å²) in [6.07, 6.45) is 4.52. The number of aryl methyl sites for hydroxylation is 2. The minimum atomic E-state index is -0.222. The topological polar surface area (TPSA) is 67.2 Å². The van der Waals surface area contributed by atoms with Crippen molar-refractivity contribution < 1.29 is 9.59 Å². The highest BCUT2D eigenvalue weighted by atomic mass is 16.2. The minimum absolute atomic E-state index is 0.0169. The molecule has 0 bridgehead atoms. The Balaban J connectivity index is 1.63. The normalized spacial score (nSPS) is 10.5. The van der Waals surface area contributed by atoms with Crippen LogP contribution in [0, 0.1) is 6.92 Å². The van der Waals surface area contributed by atoms with Crippen LogP contribution in [-0.4, -0.2) is 40.1 Å². The quantitative estimate of drug-likeness (QED) is 0.716. The molecule has 1 aromatic heterocycles. The van der Waals surface area contributed by atoms with Gasteiger partial charge in [0.1, 0.15) is 0 Å². The number of carbonyl (C=O) groups excluding carboxylic acids is 2. The highest BCUT2D eigenvalue weighted by Gasteiger charge is 2.16. The van der Waals surface area contributed by atoms with Crippen LogP contribution in [0.1, 0.15) is 28.4 Å². The molecule has 6 nitrogen and oxygen atoms in total. The Morgan fingerprint density at radius 1 is 1.11 bits per heavy atom. The first-order valence-corrected chi connectivity index (χ1v) is 9.23. The van der Waals surface area contributed by atoms with Gasteiger partial charge in [0.05, 0.1) is 18.4 Å². The van der Waals surface area contributed by atoms with Crippen LogP contribution in [0.3, 0.4) is 0 Å². The van der Waals surface area contributed by atoms with Gasteiger partial charge in [0.2, 0.25) is 5.91 Å². The first-order chi connectivity index (χ1) is 13.5. The van der Waals surface area contributed by atoms with Gasteiger partial charge >= 0.3 is 0 Å². The molecule has 1 N–H and O–H groups in total. The zero-order chi connectivity index (χ0) is 20.1. The number of benzene rings is 2. The smallest absolute Gasteiger partial charge is 0.254 e. The molecule has 0 radical (unpaired) electrons. The van der Waals surface area contributed by atoms with Crippen molar-refractivity contribution in [3.8, 4) is 5.69 Å². The predicted octanol–water partition coefficient (Wildman–Crippen LogP) is 3.45. The average Bonchev–Trinajstić information content (AvgIpc) is 3.14. The van der Waals surface area contributed by atoms with E-state index in [-0.39, 0.29) is 18.4 Å². The summed E-state index contributed by atoms with van der Waals surface area (Å²) in [7, 11) is 1.62. The third-order valence-electron chi connectivity index (χ3n) is 4.49. The van der Waals surface area contributed by atoms with Gasteiger partial charge in [-0.3, -0.25) is 9.59 Å². The zero-order valence-electron chi connectivity index (χ0n) is 16.3.